The first-order valence-electron chi connectivity index (χ1n) is 6.68. The van der Waals surface area contributed by atoms with Gasteiger partial charge in [0.25, 0.3) is 0 Å². The number of hydrogen-bond donors (Lipinski definition) is 1. The molecule has 0 atom stereocenters. The second-order valence-corrected chi connectivity index (χ2v) is 4.81. The van der Waals surface area contributed by atoms with Gasteiger partial charge in [-0.25, -0.2) is 0 Å². The van der Waals surface area contributed by atoms with Crippen LogP contribution in [0.4, 0.5) is 5.69 Å². The van der Waals surface area contributed by atoms with E-state index in [-0.39, 0.29) is 0 Å². The molecule has 0 saturated carbocycles. The van der Waals surface area contributed by atoms with Gasteiger partial charge in [0, 0.05) is 35.9 Å². The van der Waals surface area contributed by atoms with Gasteiger partial charge in [-0.05, 0) is 36.8 Å². The standard InChI is InChI=1S/C17H18N2/c1-14-6-5-9-17-16(14)10-12-19(17)13-11-18-15-7-3-2-4-8-15/h2-10,12,18H,11,13H2,1H3. The van der Waals surface area contributed by atoms with Crippen LogP contribution in [0, 0.1) is 6.92 Å². The Morgan fingerprint density at radius 3 is 2.63 bits per heavy atom. The van der Waals surface area contributed by atoms with Crippen LogP contribution in [0.3, 0.4) is 0 Å². The minimum absolute atomic E-state index is 0.932. The third kappa shape index (κ3) is 2.48. The zero-order valence-electron chi connectivity index (χ0n) is 11.1. The minimum atomic E-state index is 0.932. The van der Waals surface area contributed by atoms with E-state index in [1.165, 1.54) is 22.2 Å². The molecule has 2 aromatic carbocycles. The Hall–Kier alpha value is -2.22. The number of anilines is 1. The van der Waals surface area contributed by atoms with Gasteiger partial charge in [0.1, 0.15) is 0 Å². The maximum atomic E-state index is 3.44. The molecule has 2 heteroatoms. The molecular weight excluding hydrogens is 232 g/mol. The van der Waals surface area contributed by atoms with Gasteiger partial charge in [-0.2, -0.15) is 0 Å². The van der Waals surface area contributed by atoms with Gasteiger partial charge in [0.2, 0.25) is 0 Å². The van der Waals surface area contributed by atoms with Crippen molar-refractivity contribution in [3.8, 4) is 0 Å². The van der Waals surface area contributed by atoms with Crippen LogP contribution in [0.15, 0.2) is 60.8 Å². The van der Waals surface area contributed by atoms with Crippen molar-refractivity contribution in [3.63, 3.8) is 0 Å². The summed E-state index contributed by atoms with van der Waals surface area (Å²) in [5.74, 6) is 0. The van der Waals surface area contributed by atoms with E-state index in [9.17, 15) is 0 Å². The molecule has 2 nitrogen and oxygen atoms in total. The van der Waals surface area contributed by atoms with Crippen molar-refractivity contribution in [2.24, 2.45) is 0 Å². The second kappa shape index (κ2) is 5.19. The molecule has 0 unspecified atom stereocenters. The Bertz CT molecular complexity index is 668. The van der Waals surface area contributed by atoms with Crippen molar-refractivity contribution in [1.29, 1.82) is 0 Å². The van der Waals surface area contributed by atoms with Crippen LogP contribution in [0.1, 0.15) is 5.56 Å². The van der Waals surface area contributed by atoms with Crippen LogP contribution in [-0.4, -0.2) is 11.1 Å². The summed E-state index contributed by atoms with van der Waals surface area (Å²) in [4.78, 5) is 0. The third-order valence-electron chi connectivity index (χ3n) is 3.49. The van der Waals surface area contributed by atoms with Crippen LogP contribution in [-0.2, 0) is 6.54 Å². The lowest BCUT2D eigenvalue weighted by atomic mass is 10.1. The molecule has 1 heterocycles. The average Bonchev–Trinajstić information content (AvgIpc) is 2.85. The largest absolute Gasteiger partial charge is 0.383 e. The quantitative estimate of drug-likeness (QED) is 0.738. The highest BCUT2D eigenvalue weighted by Crippen LogP contribution is 2.19. The molecule has 1 N–H and O–H groups in total. The number of benzene rings is 2. The molecule has 19 heavy (non-hydrogen) atoms. The summed E-state index contributed by atoms with van der Waals surface area (Å²) < 4.78 is 2.30. The third-order valence-corrected chi connectivity index (χ3v) is 3.49. The van der Waals surface area contributed by atoms with Crippen molar-refractivity contribution < 1.29 is 0 Å². The Morgan fingerprint density at radius 1 is 0.947 bits per heavy atom. The lowest BCUT2D eigenvalue weighted by molar-refractivity contribution is 0.757. The Labute approximate surface area is 113 Å². The van der Waals surface area contributed by atoms with Gasteiger partial charge in [-0.3, -0.25) is 0 Å². The maximum Gasteiger partial charge on any atom is 0.0483 e. The first kappa shape index (κ1) is 11.8. The summed E-state index contributed by atoms with van der Waals surface area (Å²) in [5.41, 5.74) is 3.83. The monoisotopic (exact) mass is 250 g/mol. The number of nitrogens with zero attached hydrogens (tertiary/aromatic N) is 1. The van der Waals surface area contributed by atoms with E-state index in [1.807, 2.05) is 6.07 Å². The van der Waals surface area contributed by atoms with Gasteiger partial charge < -0.3 is 9.88 Å². The van der Waals surface area contributed by atoms with Crippen molar-refractivity contribution in [1.82, 2.24) is 4.57 Å². The van der Waals surface area contributed by atoms with Crippen LogP contribution >= 0.6 is 0 Å². The first-order chi connectivity index (χ1) is 9.34. The van der Waals surface area contributed by atoms with E-state index in [4.69, 9.17) is 0 Å². The molecule has 96 valence electrons. The molecule has 3 rings (SSSR count). The molecule has 0 radical (unpaired) electrons. The van der Waals surface area contributed by atoms with Crippen LogP contribution in [0.5, 0.6) is 0 Å². The fourth-order valence-corrected chi connectivity index (χ4v) is 2.45. The summed E-state index contributed by atoms with van der Waals surface area (Å²) in [6, 6.07) is 19.0. The van der Waals surface area contributed by atoms with E-state index < -0.39 is 0 Å². The smallest absolute Gasteiger partial charge is 0.0483 e. The summed E-state index contributed by atoms with van der Waals surface area (Å²) in [7, 11) is 0. The fourth-order valence-electron chi connectivity index (χ4n) is 2.45. The van der Waals surface area contributed by atoms with Crippen LogP contribution in [0.2, 0.25) is 0 Å². The lowest BCUT2D eigenvalue weighted by Gasteiger charge is -2.08. The van der Waals surface area contributed by atoms with Gasteiger partial charge in [-0.15, -0.1) is 0 Å². The number of fused-ring (bicyclic) bond motifs is 1. The van der Waals surface area contributed by atoms with E-state index in [1.54, 1.807) is 0 Å². The predicted octanol–water partition coefficient (Wildman–Crippen LogP) is 4.06. The van der Waals surface area contributed by atoms with Gasteiger partial charge >= 0.3 is 0 Å². The number of rotatable bonds is 4. The number of hydrogen-bond acceptors (Lipinski definition) is 1. The molecule has 1 aromatic heterocycles. The summed E-state index contributed by atoms with van der Waals surface area (Å²) >= 11 is 0. The van der Waals surface area contributed by atoms with Crippen LogP contribution in [0.25, 0.3) is 10.9 Å². The Balaban J connectivity index is 1.71. The number of aryl methyl sites for hydroxylation is 1. The maximum absolute atomic E-state index is 3.44. The SMILES string of the molecule is Cc1cccc2c1ccn2CCNc1ccccc1. The summed E-state index contributed by atoms with van der Waals surface area (Å²) in [6.07, 6.45) is 2.17. The highest BCUT2D eigenvalue weighted by Gasteiger charge is 2.02. The molecule has 0 bridgehead atoms. The lowest BCUT2D eigenvalue weighted by Crippen LogP contribution is -2.09. The fraction of sp³-hybridized carbons (Fsp3) is 0.176. The van der Waals surface area contributed by atoms with Crippen molar-refractivity contribution in [3.05, 3.63) is 66.4 Å². The summed E-state index contributed by atoms with van der Waals surface area (Å²) in [5, 5.41) is 4.79. The van der Waals surface area contributed by atoms with Gasteiger partial charge in [0.15, 0.2) is 0 Å². The van der Waals surface area contributed by atoms with E-state index in [2.05, 4.69) is 71.5 Å². The molecule has 0 spiro atoms. The number of aromatic nitrogens is 1. The summed E-state index contributed by atoms with van der Waals surface area (Å²) in [6.45, 7) is 4.07. The second-order valence-electron chi connectivity index (χ2n) is 4.81. The molecule has 0 aliphatic carbocycles. The van der Waals surface area contributed by atoms with Crippen molar-refractivity contribution in [2.45, 2.75) is 13.5 Å². The van der Waals surface area contributed by atoms with Crippen molar-refractivity contribution >= 4 is 16.6 Å². The first-order valence-corrected chi connectivity index (χ1v) is 6.68. The topological polar surface area (TPSA) is 17.0 Å². The van der Waals surface area contributed by atoms with E-state index in [0.29, 0.717) is 0 Å². The molecule has 0 saturated heterocycles. The normalized spacial score (nSPS) is 10.8. The Kier molecular flexibility index (Phi) is 3.23. The average molecular weight is 250 g/mol. The zero-order chi connectivity index (χ0) is 13.1. The zero-order valence-corrected chi connectivity index (χ0v) is 11.1. The number of nitrogens with one attached hydrogen (secondary N) is 1. The van der Waals surface area contributed by atoms with Crippen molar-refractivity contribution in [2.75, 3.05) is 11.9 Å². The van der Waals surface area contributed by atoms with Gasteiger partial charge in [-0.1, -0.05) is 30.3 Å². The molecular formula is C17H18N2. The molecule has 0 amide bonds. The molecule has 0 fully saturated rings. The minimum Gasteiger partial charge on any atom is -0.383 e. The van der Waals surface area contributed by atoms with E-state index in [0.717, 1.165) is 13.1 Å². The molecule has 3 aromatic rings. The number of para-hydroxylation sites is 1. The van der Waals surface area contributed by atoms with Crippen LogP contribution < -0.4 is 5.32 Å². The predicted molar refractivity (Wildman–Crippen MR) is 81.6 cm³/mol. The highest BCUT2D eigenvalue weighted by atomic mass is 15.0. The van der Waals surface area contributed by atoms with Gasteiger partial charge in [0.05, 0.1) is 0 Å². The highest BCUT2D eigenvalue weighted by molar-refractivity contribution is 5.83. The molecule has 0 aliphatic rings. The Morgan fingerprint density at radius 2 is 1.79 bits per heavy atom. The van der Waals surface area contributed by atoms with E-state index >= 15 is 0 Å². The molecule has 0 aliphatic heterocycles.